The van der Waals surface area contributed by atoms with E-state index < -0.39 is 29.2 Å². The lowest BCUT2D eigenvalue weighted by atomic mass is 10.0. The maximum absolute atomic E-state index is 15.0. The Bertz CT molecular complexity index is 3430. The lowest BCUT2D eigenvalue weighted by Gasteiger charge is -2.14. The highest BCUT2D eigenvalue weighted by atomic mass is 19.1. The molecule has 0 atom stereocenters. The second kappa shape index (κ2) is 16.3. The molecule has 0 fully saturated rings. The van der Waals surface area contributed by atoms with Crippen molar-refractivity contribution >= 4 is 50.7 Å². The molecule has 0 spiro atoms. The first-order valence-electron chi connectivity index (χ1n) is 19.3. The number of esters is 1. The topological polar surface area (TPSA) is 185 Å². The largest absolute Gasteiger partial charge is 0.461 e. The highest BCUT2D eigenvalue weighted by Gasteiger charge is 2.23. The third-order valence-electron chi connectivity index (χ3n) is 10.0. The van der Waals surface area contributed by atoms with Crippen LogP contribution in [-0.2, 0) is 11.3 Å². The first kappa shape index (κ1) is 40.1. The number of halogens is 4. The van der Waals surface area contributed by atoms with Gasteiger partial charge in [0.05, 0.1) is 41.7 Å². The number of imidazole rings is 2. The molecule has 10 rings (SSSR count). The van der Waals surface area contributed by atoms with Gasteiger partial charge in [0.2, 0.25) is 0 Å². The number of ether oxygens (including phenoxy) is 1. The van der Waals surface area contributed by atoms with E-state index in [1.807, 2.05) is 0 Å². The van der Waals surface area contributed by atoms with Gasteiger partial charge < -0.3 is 21.3 Å². The number of nitrogens with two attached hydrogens (primary N) is 2. The van der Waals surface area contributed by atoms with Gasteiger partial charge in [0.1, 0.15) is 34.3 Å². The molecule has 6 heterocycles. The molecule has 0 aliphatic rings. The number of carbonyl (C=O) groups is 1. The van der Waals surface area contributed by atoms with Crippen molar-refractivity contribution in [2.75, 3.05) is 18.1 Å². The number of hydrogen-bond acceptors (Lipinski definition) is 11. The van der Waals surface area contributed by atoms with Crippen LogP contribution in [-0.4, -0.2) is 56.4 Å². The molecule has 312 valence electrons. The van der Waals surface area contributed by atoms with Gasteiger partial charge in [0, 0.05) is 57.8 Å². The number of aromatic nitrogens is 8. The van der Waals surface area contributed by atoms with Gasteiger partial charge in [-0.05, 0) is 67.6 Å². The van der Waals surface area contributed by atoms with E-state index in [0.717, 1.165) is 0 Å². The number of aliphatic hydroxyl groups excluding tert-OH is 1. The van der Waals surface area contributed by atoms with Crippen LogP contribution in [0.2, 0.25) is 0 Å². The van der Waals surface area contributed by atoms with E-state index >= 15 is 0 Å². The van der Waals surface area contributed by atoms with Crippen LogP contribution in [0.3, 0.4) is 0 Å². The van der Waals surface area contributed by atoms with Gasteiger partial charge in [-0.3, -0.25) is 18.8 Å². The number of carbonyl (C=O) groups excluding carboxylic acids is 1. The molecule has 0 unspecified atom stereocenters. The van der Waals surface area contributed by atoms with E-state index in [2.05, 4.69) is 29.9 Å². The van der Waals surface area contributed by atoms with E-state index in [4.69, 9.17) is 16.2 Å². The van der Waals surface area contributed by atoms with Crippen molar-refractivity contribution < 1.29 is 32.2 Å². The van der Waals surface area contributed by atoms with Gasteiger partial charge in [-0.2, -0.15) is 0 Å². The summed E-state index contributed by atoms with van der Waals surface area (Å²) >= 11 is 0. The number of pyridine rings is 2. The van der Waals surface area contributed by atoms with Gasteiger partial charge in [-0.1, -0.05) is 36.4 Å². The van der Waals surface area contributed by atoms with E-state index in [1.54, 1.807) is 82.6 Å². The monoisotopic (exact) mass is 848 g/mol. The SMILES string of the molecule is CCOC(=O)c1cn2c(-c3cc(F)c4ncccc4c3)c(-c3cccc(F)c3)nc(N)c2n1.Nc1nc(-c2cccc(F)c2)c(-c2cc(F)c3ncccc3c2)n2cc(CO)nc12. The quantitative estimate of drug-likeness (QED) is 0.103. The first-order valence-corrected chi connectivity index (χ1v) is 19.3. The maximum atomic E-state index is 15.0. The molecule has 0 saturated carbocycles. The zero-order valence-corrected chi connectivity index (χ0v) is 33.0. The Labute approximate surface area is 354 Å². The predicted molar refractivity (Wildman–Crippen MR) is 229 cm³/mol. The number of nitrogens with zero attached hydrogens (tertiary/aromatic N) is 8. The Morgan fingerprint density at radius 2 is 1.14 bits per heavy atom. The molecule has 63 heavy (non-hydrogen) atoms. The second-order valence-corrected chi connectivity index (χ2v) is 14.1. The molecule has 5 N–H and O–H groups in total. The Morgan fingerprint density at radius 1 is 0.635 bits per heavy atom. The molecule has 10 aromatic rings. The van der Waals surface area contributed by atoms with E-state index in [0.29, 0.717) is 67.1 Å². The highest BCUT2D eigenvalue weighted by molar-refractivity contribution is 5.93. The van der Waals surface area contributed by atoms with Gasteiger partial charge in [-0.15, -0.1) is 0 Å². The molecule has 4 aromatic carbocycles. The van der Waals surface area contributed by atoms with Crippen LogP contribution in [0.4, 0.5) is 29.2 Å². The van der Waals surface area contributed by atoms with Crippen molar-refractivity contribution in [2.45, 2.75) is 13.5 Å². The number of anilines is 2. The fourth-order valence-corrected chi connectivity index (χ4v) is 7.36. The van der Waals surface area contributed by atoms with Crippen molar-refractivity contribution in [3.63, 3.8) is 0 Å². The van der Waals surface area contributed by atoms with Crippen LogP contribution in [0.5, 0.6) is 0 Å². The zero-order valence-electron chi connectivity index (χ0n) is 33.0. The van der Waals surface area contributed by atoms with Gasteiger partial charge in [0.25, 0.3) is 0 Å². The number of benzene rings is 4. The minimum absolute atomic E-state index is 0.0194. The van der Waals surface area contributed by atoms with Crippen LogP contribution in [0.1, 0.15) is 23.1 Å². The molecule has 0 amide bonds. The predicted octanol–water partition coefficient (Wildman–Crippen LogP) is 8.61. The lowest BCUT2D eigenvalue weighted by molar-refractivity contribution is 0.0520. The van der Waals surface area contributed by atoms with Crippen molar-refractivity contribution in [1.29, 1.82) is 0 Å². The first-order chi connectivity index (χ1) is 30.5. The molecule has 0 aliphatic heterocycles. The van der Waals surface area contributed by atoms with E-state index in [-0.39, 0.29) is 47.2 Å². The fraction of sp³-hybridized carbons (Fsp3) is 0.0652. The average Bonchev–Trinajstić information content (AvgIpc) is 3.93. The summed E-state index contributed by atoms with van der Waals surface area (Å²) in [6.07, 6.45) is 6.09. The zero-order chi connectivity index (χ0) is 43.9. The van der Waals surface area contributed by atoms with Gasteiger partial charge in [-0.25, -0.2) is 42.3 Å². The summed E-state index contributed by atoms with van der Waals surface area (Å²) in [6, 6.07) is 24.8. The Hall–Kier alpha value is -8.31. The number of aliphatic hydroxyl groups is 1. The average molecular weight is 849 g/mol. The molecule has 0 bridgehead atoms. The third-order valence-corrected chi connectivity index (χ3v) is 10.0. The van der Waals surface area contributed by atoms with Gasteiger partial charge in [0.15, 0.2) is 28.6 Å². The summed E-state index contributed by atoms with van der Waals surface area (Å²) in [5.41, 5.74) is 17.0. The second-order valence-electron chi connectivity index (χ2n) is 14.1. The smallest absolute Gasteiger partial charge is 0.358 e. The standard InChI is InChI=1S/C24H17F2N5O2.C22H15F2N5O/c1-2-33-24(32)18-12-31-21(15-9-13-6-4-8-28-19(13)17(26)11-15)20(30-22(27)23(31)29-18)14-5-3-7-16(25)10-14;23-15-5-1-3-13(8-15)19-20(29-10-16(11-30)27-22(29)21(25)28-19)14-7-12-4-2-6-26-18(12)17(24)9-14/h3-12H,2H2,1H3,(H2,27,30);1-10,30H,11H2,(H2,25,28). The number of rotatable bonds is 7. The minimum Gasteiger partial charge on any atom is -0.461 e. The summed E-state index contributed by atoms with van der Waals surface area (Å²) in [6.45, 7) is 1.56. The van der Waals surface area contributed by atoms with Crippen molar-refractivity contribution in [3.05, 3.63) is 157 Å². The Balaban J connectivity index is 0.000000161. The lowest BCUT2D eigenvalue weighted by Crippen LogP contribution is -2.04. The Kier molecular flexibility index (Phi) is 10.4. The van der Waals surface area contributed by atoms with Crippen LogP contribution in [0.15, 0.2) is 122 Å². The molecule has 0 saturated heterocycles. The van der Waals surface area contributed by atoms with Gasteiger partial charge >= 0.3 is 5.97 Å². The number of hydrogen-bond donors (Lipinski definition) is 3. The molecular weight excluding hydrogens is 817 g/mol. The van der Waals surface area contributed by atoms with E-state index in [9.17, 15) is 27.5 Å². The minimum atomic E-state index is -0.632. The number of nitrogen functional groups attached to an aromatic ring is 2. The molecule has 0 radical (unpaired) electrons. The summed E-state index contributed by atoms with van der Waals surface area (Å²) in [5.74, 6) is -2.44. The van der Waals surface area contributed by atoms with Crippen molar-refractivity contribution in [3.8, 4) is 45.0 Å². The summed E-state index contributed by atoms with van der Waals surface area (Å²) in [7, 11) is 0. The third kappa shape index (κ3) is 7.46. The molecule has 6 aromatic heterocycles. The van der Waals surface area contributed by atoms with Crippen molar-refractivity contribution in [1.82, 2.24) is 38.7 Å². The highest BCUT2D eigenvalue weighted by Crippen LogP contribution is 2.38. The number of fused-ring (bicyclic) bond motifs is 4. The maximum Gasteiger partial charge on any atom is 0.358 e. The Morgan fingerprint density at radius 3 is 1.63 bits per heavy atom. The molecule has 13 nitrogen and oxygen atoms in total. The summed E-state index contributed by atoms with van der Waals surface area (Å²) in [5, 5.41) is 10.7. The van der Waals surface area contributed by atoms with Crippen LogP contribution in [0, 0.1) is 23.3 Å². The van der Waals surface area contributed by atoms with Crippen LogP contribution >= 0.6 is 0 Å². The normalized spacial score (nSPS) is 11.3. The van der Waals surface area contributed by atoms with Crippen LogP contribution in [0.25, 0.3) is 78.1 Å². The fourth-order valence-electron chi connectivity index (χ4n) is 7.36. The summed E-state index contributed by atoms with van der Waals surface area (Å²) < 4.78 is 66.1. The summed E-state index contributed by atoms with van der Waals surface area (Å²) in [4.78, 5) is 38.0. The van der Waals surface area contributed by atoms with Crippen molar-refractivity contribution in [2.24, 2.45) is 0 Å². The molecule has 0 aliphatic carbocycles. The molecule has 17 heteroatoms. The molecular formula is C46H32F4N10O3. The van der Waals surface area contributed by atoms with Crippen LogP contribution < -0.4 is 11.5 Å². The van der Waals surface area contributed by atoms with E-state index in [1.165, 1.54) is 55.0 Å².